The molecule has 0 aliphatic carbocycles. The summed E-state index contributed by atoms with van der Waals surface area (Å²) in [5, 5.41) is 4.58. The molecule has 3 amide bonds. The molecule has 0 aliphatic rings. The number of hydrogen-bond donors (Lipinski definition) is 2. The Labute approximate surface area is 161 Å². The van der Waals surface area contributed by atoms with Crippen molar-refractivity contribution < 1.29 is 28.7 Å². The van der Waals surface area contributed by atoms with Crippen molar-refractivity contribution >= 4 is 23.9 Å². The van der Waals surface area contributed by atoms with E-state index in [0.29, 0.717) is 12.1 Å². The monoisotopic (exact) mass is 384 g/mol. The van der Waals surface area contributed by atoms with Gasteiger partial charge in [0.15, 0.2) is 0 Å². The Hall–Kier alpha value is -3.68. The van der Waals surface area contributed by atoms with Gasteiger partial charge in [-0.3, -0.25) is 10.1 Å². The van der Waals surface area contributed by atoms with Crippen molar-refractivity contribution in [3.8, 4) is 0 Å². The number of carbonyl (C=O) groups excluding carboxylic acids is 4. The number of nitrogens with one attached hydrogen (secondary N) is 2. The molecule has 146 valence electrons. The van der Waals surface area contributed by atoms with Gasteiger partial charge in [0.1, 0.15) is 0 Å². The number of amides is 3. The Morgan fingerprint density at radius 2 is 1.46 bits per heavy atom. The summed E-state index contributed by atoms with van der Waals surface area (Å²) >= 11 is 0. The highest BCUT2D eigenvalue weighted by Gasteiger charge is 2.27. The van der Waals surface area contributed by atoms with Gasteiger partial charge in [-0.2, -0.15) is 0 Å². The lowest BCUT2D eigenvalue weighted by molar-refractivity contribution is -0.129. The molecule has 1 unspecified atom stereocenters. The molecule has 0 saturated heterocycles. The molecule has 8 heteroatoms. The minimum Gasteiger partial charge on any atom is -0.465 e. The number of urea groups is 1. The van der Waals surface area contributed by atoms with Crippen molar-refractivity contribution in [3.63, 3.8) is 0 Å². The molecule has 8 nitrogen and oxygen atoms in total. The largest absolute Gasteiger partial charge is 0.465 e. The van der Waals surface area contributed by atoms with Crippen LogP contribution in [-0.2, 0) is 14.3 Å². The van der Waals surface area contributed by atoms with E-state index < -0.39 is 30.0 Å². The summed E-state index contributed by atoms with van der Waals surface area (Å²) in [4.78, 5) is 48.1. The second kappa shape index (κ2) is 9.86. The third-order valence-corrected chi connectivity index (χ3v) is 3.68. The lowest BCUT2D eigenvalue weighted by Gasteiger charge is -2.17. The Kier molecular flexibility index (Phi) is 7.27. The van der Waals surface area contributed by atoms with E-state index in [-0.39, 0.29) is 11.1 Å². The first-order valence-electron chi connectivity index (χ1n) is 8.49. The number of methoxy groups -OCH3 is 1. The van der Waals surface area contributed by atoms with Crippen LogP contribution in [0.15, 0.2) is 54.6 Å². The minimum absolute atomic E-state index is 0.138. The first-order chi connectivity index (χ1) is 13.5. The van der Waals surface area contributed by atoms with Crippen LogP contribution >= 0.6 is 0 Å². The third kappa shape index (κ3) is 5.41. The number of benzene rings is 2. The van der Waals surface area contributed by atoms with Crippen molar-refractivity contribution in [1.82, 2.24) is 10.6 Å². The van der Waals surface area contributed by atoms with Crippen LogP contribution in [0.2, 0.25) is 0 Å². The molecule has 2 rings (SSSR count). The number of esters is 2. The van der Waals surface area contributed by atoms with Crippen molar-refractivity contribution in [3.05, 3.63) is 71.3 Å². The molecule has 0 spiro atoms. The van der Waals surface area contributed by atoms with Gasteiger partial charge in [-0.15, -0.1) is 0 Å². The van der Waals surface area contributed by atoms with Crippen molar-refractivity contribution in [1.29, 1.82) is 0 Å². The summed E-state index contributed by atoms with van der Waals surface area (Å²) in [6.45, 7) is 2.04. The van der Waals surface area contributed by atoms with Gasteiger partial charge in [0, 0.05) is 12.1 Å². The van der Waals surface area contributed by atoms with E-state index in [1.54, 1.807) is 37.3 Å². The van der Waals surface area contributed by atoms with Crippen LogP contribution in [-0.4, -0.2) is 37.5 Å². The third-order valence-electron chi connectivity index (χ3n) is 3.68. The number of hydrogen-bond acceptors (Lipinski definition) is 6. The van der Waals surface area contributed by atoms with E-state index in [9.17, 15) is 19.2 Å². The highest BCUT2D eigenvalue weighted by Crippen LogP contribution is 2.20. The van der Waals surface area contributed by atoms with Gasteiger partial charge in [-0.05, 0) is 31.2 Å². The van der Waals surface area contributed by atoms with Gasteiger partial charge in [0.2, 0.25) is 6.10 Å². The summed E-state index contributed by atoms with van der Waals surface area (Å²) in [5.41, 5.74) is 0.816. The molecule has 1 atom stereocenters. The predicted octanol–water partition coefficient (Wildman–Crippen LogP) is 2.22. The number of carbonyl (C=O) groups is 4. The molecule has 2 aromatic carbocycles. The lowest BCUT2D eigenvalue weighted by atomic mass is 10.1. The van der Waals surface area contributed by atoms with E-state index in [1.807, 2.05) is 0 Å². The van der Waals surface area contributed by atoms with Crippen LogP contribution in [0.5, 0.6) is 0 Å². The van der Waals surface area contributed by atoms with E-state index in [4.69, 9.17) is 4.74 Å². The average Bonchev–Trinajstić information content (AvgIpc) is 2.72. The Morgan fingerprint density at radius 1 is 0.893 bits per heavy atom. The molecular weight excluding hydrogens is 364 g/mol. The van der Waals surface area contributed by atoms with Gasteiger partial charge in [0.25, 0.3) is 5.91 Å². The molecule has 0 heterocycles. The van der Waals surface area contributed by atoms with Crippen molar-refractivity contribution in [2.24, 2.45) is 0 Å². The maximum atomic E-state index is 12.5. The number of imide groups is 1. The highest BCUT2D eigenvalue weighted by molar-refractivity contribution is 5.99. The fourth-order valence-corrected chi connectivity index (χ4v) is 2.32. The normalized spacial score (nSPS) is 11.1. The number of ether oxygens (including phenoxy) is 2. The Bertz CT molecular complexity index is 849. The van der Waals surface area contributed by atoms with Crippen LogP contribution < -0.4 is 10.6 Å². The maximum absolute atomic E-state index is 12.5. The molecule has 0 radical (unpaired) electrons. The molecular formula is C20H20N2O6. The summed E-state index contributed by atoms with van der Waals surface area (Å²) in [5.74, 6) is -2.10. The topological polar surface area (TPSA) is 111 Å². The molecule has 0 aliphatic heterocycles. The van der Waals surface area contributed by atoms with E-state index >= 15 is 0 Å². The van der Waals surface area contributed by atoms with Gasteiger partial charge in [-0.25, -0.2) is 14.4 Å². The zero-order valence-electron chi connectivity index (χ0n) is 15.4. The molecule has 28 heavy (non-hydrogen) atoms. The first-order valence-corrected chi connectivity index (χ1v) is 8.49. The number of rotatable bonds is 6. The SMILES string of the molecule is CCNC(=O)NC(=O)C(OC(=O)c1ccc(C(=O)OC)cc1)c1ccccc1. The zero-order chi connectivity index (χ0) is 20.5. The lowest BCUT2D eigenvalue weighted by Crippen LogP contribution is -2.42. The maximum Gasteiger partial charge on any atom is 0.339 e. The predicted molar refractivity (Wildman–Crippen MR) is 99.6 cm³/mol. The van der Waals surface area contributed by atoms with E-state index in [1.165, 1.54) is 31.4 Å². The van der Waals surface area contributed by atoms with Gasteiger partial charge >= 0.3 is 18.0 Å². The zero-order valence-corrected chi connectivity index (χ0v) is 15.4. The van der Waals surface area contributed by atoms with E-state index in [0.717, 1.165) is 0 Å². The fraction of sp³-hybridized carbons (Fsp3) is 0.200. The van der Waals surface area contributed by atoms with E-state index in [2.05, 4.69) is 15.4 Å². The molecule has 0 saturated carbocycles. The molecule has 0 bridgehead atoms. The molecule has 2 N–H and O–H groups in total. The van der Waals surface area contributed by atoms with Crippen molar-refractivity contribution in [2.45, 2.75) is 13.0 Å². The smallest absolute Gasteiger partial charge is 0.339 e. The molecule has 0 aromatic heterocycles. The van der Waals surface area contributed by atoms with Gasteiger partial charge in [-0.1, -0.05) is 30.3 Å². The van der Waals surface area contributed by atoms with Crippen LogP contribution in [0.25, 0.3) is 0 Å². The van der Waals surface area contributed by atoms with Gasteiger partial charge < -0.3 is 14.8 Å². The summed E-state index contributed by atoms with van der Waals surface area (Å²) in [6.07, 6.45) is -1.32. The second-order valence-electron chi connectivity index (χ2n) is 5.61. The quantitative estimate of drug-likeness (QED) is 0.739. The highest BCUT2D eigenvalue weighted by atomic mass is 16.5. The second-order valence-corrected chi connectivity index (χ2v) is 5.61. The van der Waals surface area contributed by atoms with Crippen LogP contribution in [0, 0.1) is 0 Å². The van der Waals surface area contributed by atoms with Crippen LogP contribution in [0.1, 0.15) is 39.3 Å². The minimum atomic E-state index is -1.32. The van der Waals surface area contributed by atoms with Gasteiger partial charge in [0.05, 0.1) is 18.2 Å². The summed E-state index contributed by atoms with van der Waals surface area (Å²) in [7, 11) is 1.25. The Morgan fingerprint density at radius 3 is 2.00 bits per heavy atom. The average molecular weight is 384 g/mol. The van der Waals surface area contributed by atoms with Crippen LogP contribution in [0.3, 0.4) is 0 Å². The summed E-state index contributed by atoms with van der Waals surface area (Å²) in [6, 6.07) is 13.2. The summed E-state index contributed by atoms with van der Waals surface area (Å²) < 4.78 is 9.94. The molecule has 2 aromatic rings. The standard InChI is InChI=1S/C20H20N2O6/c1-3-21-20(26)22-17(23)16(13-7-5-4-6-8-13)28-19(25)15-11-9-14(10-12-15)18(24)27-2/h4-12,16H,3H2,1-2H3,(H2,21,22,23,26). The van der Waals surface area contributed by atoms with Crippen LogP contribution in [0.4, 0.5) is 4.79 Å². The first kappa shape index (κ1) is 20.6. The fourth-order valence-electron chi connectivity index (χ4n) is 2.32. The van der Waals surface area contributed by atoms with Crippen molar-refractivity contribution in [2.75, 3.05) is 13.7 Å². The molecule has 0 fully saturated rings. The Balaban J connectivity index is 2.19.